The van der Waals surface area contributed by atoms with Crippen molar-refractivity contribution in [1.82, 2.24) is 14.8 Å². The first-order valence-corrected chi connectivity index (χ1v) is 9.95. The summed E-state index contributed by atoms with van der Waals surface area (Å²) in [5, 5.41) is 3.05. The highest BCUT2D eigenvalue weighted by atomic mass is 16.5. The molecule has 154 valence electrons. The van der Waals surface area contributed by atoms with Crippen LogP contribution in [0.4, 0.5) is 0 Å². The van der Waals surface area contributed by atoms with Gasteiger partial charge in [-0.3, -0.25) is 9.69 Å². The van der Waals surface area contributed by atoms with Crippen molar-refractivity contribution in [1.29, 1.82) is 0 Å². The first kappa shape index (κ1) is 19.5. The van der Waals surface area contributed by atoms with E-state index in [1.54, 1.807) is 7.11 Å². The van der Waals surface area contributed by atoms with Gasteiger partial charge in [-0.1, -0.05) is 12.1 Å². The van der Waals surface area contributed by atoms with E-state index in [9.17, 15) is 4.79 Å². The van der Waals surface area contributed by atoms with Gasteiger partial charge in [0.25, 0.3) is 5.91 Å². The monoisotopic (exact) mass is 397 g/mol. The van der Waals surface area contributed by atoms with Crippen LogP contribution < -0.4 is 10.1 Å². The van der Waals surface area contributed by atoms with Gasteiger partial charge in [-0.25, -0.2) is 0 Å². The molecule has 3 heterocycles. The molecular formula is C22H27N3O4. The molecule has 1 fully saturated rings. The molecule has 0 unspecified atom stereocenters. The average molecular weight is 397 g/mol. The van der Waals surface area contributed by atoms with Gasteiger partial charge in [0.05, 0.1) is 25.8 Å². The Bertz CT molecular complexity index is 968. The first-order valence-electron chi connectivity index (χ1n) is 9.95. The van der Waals surface area contributed by atoms with Crippen LogP contribution in [-0.4, -0.2) is 61.9 Å². The second kappa shape index (κ2) is 8.71. The number of nitrogens with zero attached hydrogens (tertiary/aromatic N) is 2. The quantitative estimate of drug-likeness (QED) is 0.664. The van der Waals surface area contributed by atoms with Gasteiger partial charge in [-0.2, -0.15) is 0 Å². The van der Waals surface area contributed by atoms with Crippen LogP contribution in [0.15, 0.2) is 40.8 Å². The Hall–Kier alpha value is -2.77. The summed E-state index contributed by atoms with van der Waals surface area (Å²) in [6.07, 6.45) is 0. The Balaban J connectivity index is 1.50. The smallest absolute Gasteiger partial charge is 0.268 e. The molecule has 1 aromatic carbocycles. The minimum atomic E-state index is -0.0872. The molecule has 1 N–H and O–H groups in total. The molecule has 7 nitrogen and oxygen atoms in total. The molecule has 0 bridgehead atoms. The fraction of sp³-hybridized carbons (Fsp3) is 0.409. The number of rotatable bonds is 7. The number of morpholine rings is 1. The normalized spacial score (nSPS) is 15.0. The van der Waals surface area contributed by atoms with Gasteiger partial charge in [0.2, 0.25) is 0 Å². The van der Waals surface area contributed by atoms with Crippen molar-refractivity contribution in [2.75, 3.05) is 46.5 Å². The van der Waals surface area contributed by atoms with Crippen LogP contribution >= 0.6 is 0 Å². The van der Waals surface area contributed by atoms with Crippen molar-refractivity contribution in [3.8, 4) is 5.75 Å². The largest absolute Gasteiger partial charge is 0.497 e. The highest BCUT2D eigenvalue weighted by Gasteiger charge is 2.19. The topological polar surface area (TPSA) is 68.9 Å². The van der Waals surface area contributed by atoms with Crippen LogP contribution in [0.3, 0.4) is 0 Å². The van der Waals surface area contributed by atoms with E-state index in [1.807, 2.05) is 47.9 Å². The molecule has 7 heteroatoms. The number of hydrogen-bond donors (Lipinski definition) is 1. The minimum Gasteiger partial charge on any atom is -0.497 e. The zero-order chi connectivity index (χ0) is 20.2. The molecule has 1 aliphatic heterocycles. The predicted molar refractivity (Wildman–Crippen MR) is 111 cm³/mol. The van der Waals surface area contributed by atoms with Crippen LogP contribution in [0.25, 0.3) is 11.1 Å². The molecule has 0 radical (unpaired) electrons. The number of benzene rings is 1. The summed E-state index contributed by atoms with van der Waals surface area (Å²) in [7, 11) is 1.65. The lowest BCUT2D eigenvalue weighted by Gasteiger charge is -2.26. The van der Waals surface area contributed by atoms with E-state index in [4.69, 9.17) is 13.9 Å². The zero-order valence-corrected chi connectivity index (χ0v) is 16.9. The summed E-state index contributed by atoms with van der Waals surface area (Å²) in [6, 6.07) is 11.7. The Kier molecular flexibility index (Phi) is 5.87. The summed E-state index contributed by atoms with van der Waals surface area (Å²) in [5.41, 5.74) is 3.35. The number of furan rings is 1. The van der Waals surface area contributed by atoms with Gasteiger partial charge >= 0.3 is 0 Å². The molecule has 1 amide bonds. The number of hydrogen-bond acceptors (Lipinski definition) is 5. The second-order valence-electron chi connectivity index (χ2n) is 7.28. The number of ether oxygens (including phenoxy) is 2. The number of carbonyl (C=O) groups is 1. The van der Waals surface area contributed by atoms with Gasteiger partial charge in [0.1, 0.15) is 17.2 Å². The molecule has 1 saturated heterocycles. The number of carbonyl (C=O) groups excluding carboxylic acids is 1. The standard InChI is InChI=1S/C22H27N3O4/c1-16-13-19-21(29-16)14-20(22(26)23-7-8-24-9-11-28-12-10-24)25(19)15-17-3-5-18(27-2)6-4-17/h3-6,13-14H,7-12,15H2,1-2H3,(H,23,26). The number of amides is 1. The molecule has 0 aliphatic carbocycles. The van der Waals surface area contributed by atoms with Crippen molar-refractivity contribution in [2.24, 2.45) is 0 Å². The Labute approximate surface area is 170 Å². The summed E-state index contributed by atoms with van der Waals surface area (Å²) in [6.45, 7) is 7.27. The van der Waals surface area contributed by atoms with E-state index >= 15 is 0 Å². The third-order valence-electron chi connectivity index (χ3n) is 5.26. The Morgan fingerprint density at radius 2 is 1.93 bits per heavy atom. The van der Waals surface area contributed by atoms with E-state index in [2.05, 4.69) is 10.2 Å². The van der Waals surface area contributed by atoms with Crippen molar-refractivity contribution >= 4 is 17.0 Å². The molecule has 29 heavy (non-hydrogen) atoms. The fourth-order valence-corrected chi connectivity index (χ4v) is 3.68. The number of fused-ring (bicyclic) bond motifs is 1. The van der Waals surface area contributed by atoms with Crippen molar-refractivity contribution in [3.05, 3.63) is 53.4 Å². The third kappa shape index (κ3) is 4.46. The number of nitrogens with one attached hydrogen (secondary N) is 1. The van der Waals surface area contributed by atoms with Crippen LogP contribution in [-0.2, 0) is 11.3 Å². The van der Waals surface area contributed by atoms with Crippen LogP contribution in [0, 0.1) is 6.92 Å². The highest BCUT2D eigenvalue weighted by Crippen LogP contribution is 2.25. The van der Waals surface area contributed by atoms with Crippen molar-refractivity contribution < 1.29 is 18.7 Å². The van der Waals surface area contributed by atoms with E-state index in [1.165, 1.54) is 0 Å². The molecule has 3 aromatic rings. The minimum absolute atomic E-state index is 0.0872. The molecular weight excluding hydrogens is 370 g/mol. The van der Waals surface area contributed by atoms with Crippen molar-refractivity contribution in [3.63, 3.8) is 0 Å². The first-order chi connectivity index (χ1) is 14.1. The lowest BCUT2D eigenvalue weighted by Crippen LogP contribution is -2.41. The highest BCUT2D eigenvalue weighted by molar-refractivity contribution is 5.97. The SMILES string of the molecule is COc1ccc(Cn2c(C(=O)NCCN3CCOCC3)cc3oc(C)cc32)cc1. The van der Waals surface area contributed by atoms with Gasteiger partial charge in [0.15, 0.2) is 5.58 Å². The van der Waals surface area contributed by atoms with Crippen LogP contribution in [0.5, 0.6) is 5.75 Å². The maximum Gasteiger partial charge on any atom is 0.268 e. The second-order valence-corrected chi connectivity index (χ2v) is 7.28. The summed E-state index contributed by atoms with van der Waals surface area (Å²) >= 11 is 0. The van der Waals surface area contributed by atoms with Crippen LogP contribution in [0.1, 0.15) is 21.8 Å². The van der Waals surface area contributed by atoms with Crippen LogP contribution in [0.2, 0.25) is 0 Å². The zero-order valence-electron chi connectivity index (χ0n) is 16.9. The number of aromatic nitrogens is 1. The van der Waals surface area contributed by atoms with E-state index in [0.29, 0.717) is 18.8 Å². The molecule has 1 aliphatic rings. The average Bonchev–Trinajstić information content (AvgIpc) is 3.26. The fourth-order valence-electron chi connectivity index (χ4n) is 3.68. The van der Waals surface area contributed by atoms with Crippen molar-refractivity contribution in [2.45, 2.75) is 13.5 Å². The van der Waals surface area contributed by atoms with Gasteiger partial charge in [0, 0.05) is 44.9 Å². The van der Waals surface area contributed by atoms with Gasteiger partial charge < -0.3 is 23.8 Å². The molecule has 0 saturated carbocycles. The van der Waals surface area contributed by atoms with E-state index in [0.717, 1.165) is 61.0 Å². The number of aryl methyl sites for hydroxylation is 1. The molecule has 0 atom stereocenters. The number of methoxy groups -OCH3 is 1. The Morgan fingerprint density at radius 1 is 1.17 bits per heavy atom. The maximum atomic E-state index is 12.9. The van der Waals surface area contributed by atoms with E-state index in [-0.39, 0.29) is 5.91 Å². The lowest BCUT2D eigenvalue weighted by atomic mass is 10.2. The molecule has 4 rings (SSSR count). The molecule has 2 aromatic heterocycles. The maximum absolute atomic E-state index is 12.9. The van der Waals surface area contributed by atoms with E-state index < -0.39 is 0 Å². The van der Waals surface area contributed by atoms with Gasteiger partial charge in [-0.05, 0) is 24.6 Å². The lowest BCUT2D eigenvalue weighted by molar-refractivity contribution is 0.0383. The Morgan fingerprint density at radius 3 is 2.66 bits per heavy atom. The molecule has 0 spiro atoms. The summed E-state index contributed by atoms with van der Waals surface area (Å²) in [4.78, 5) is 15.2. The predicted octanol–water partition coefficient (Wildman–Crippen LogP) is 2.66. The summed E-state index contributed by atoms with van der Waals surface area (Å²) < 4.78 is 18.4. The third-order valence-corrected chi connectivity index (χ3v) is 5.26. The summed E-state index contributed by atoms with van der Waals surface area (Å²) in [5.74, 6) is 1.56. The van der Waals surface area contributed by atoms with Gasteiger partial charge in [-0.15, -0.1) is 0 Å².